The summed E-state index contributed by atoms with van der Waals surface area (Å²) in [5.74, 6) is 1.31. The lowest BCUT2D eigenvalue weighted by atomic mass is 10.1. The van der Waals surface area contributed by atoms with Gasteiger partial charge in [-0.1, -0.05) is 13.8 Å². The Morgan fingerprint density at radius 2 is 2.16 bits per heavy atom. The predicted molar refractivity (Wildman–Crippen MR) is 75.2 cm³/mol. The third-order valence-electron chi connectivity index (χ3n) is 3.08. The first kappa shape index (κ1) is 13.6. The fraction of sp³-hybridized carbons (Fsp3) is 0.467. The van der Waals surface area contributed by atoms with Crippen molar-refractivity contribution in [3.8, 4) is 0 Å². The number of carbonyl (C=O) groups is 1. The smallest absolute Gasteiger partial charge is 0.338 e. The third-order valence-corrected chi connectivity index (χ3v) is 3.08. The molecule has 19 heavy (non-hydrogen) atoms. The molecule has 0 aliphatic carbocycles. The monoisotopic (exact) mass is 260 g/mol. The van der Waals surface area contributed by atoms with Crippen LogP contribution in [-0.4, -0.2) is 22.1 Å². The first-order valence-electron chi connectivity index (χ1n) is 6.65. The van der Waals surface area contributed by atoms with Crippen LogP contribution in [-0.2, 0) is 18.2 Å². The molecule has 0 spiro atoms. The normalized spacial score (nSPS) is 11.2. The van der Waals surface area contributed by atoms with Gasteiger partial charge in [0.25, 0.3) is 0 Å². The van der Waals surface area contributed by atoms with Gasteiger partial charge in [-0.15, -0.1) is 0 Å². The summed E-state index contributed by atoms with van der Waals surface area (Å²) in [5, 5.41) is 0. The van der Waals surface area contributed by atoms with Crippen molar-refractivity contribution >= 4 is 17.0 Å². The van der Waals surface area contributed by atoms with Crippen LogP contribution in [0.3, 0.4) is 0 Å². The van der Waals surface area contributed by atoms with E-state index in [1.165, 1.54) is 0 Å². The van der Waals surface area contributed by atoms with Gasteiger partial charge in [0.1, 0.15) is 5.82 Å². The van der Waals surface area contributed by atoms with Crippen molar-refractivity contribution in [3.05, 3.63) is 29.6 Å². The van der Waals surface area contributed by atoms with Gasteiger partial charge < -0.3 is 9.30 Å². The van der Waals surface area contributed by atoms with E-state index in [1.54, 1.807) is 19.1 Å². The number of rotatable bonds is 4. The molecule has 102 valence electrons. The number of imidazole rings is 1. The summed E-state index contributed by atoms with van der Waals surface area (Å²) >= 11 is 0. The van der Waals surface area contributed by atoms with Crippen molar-refractivity contribution in [3.63, 3.8) is 0 Å². The van der Waals surface area contributed by atoms with Crippen molar-refractivity contribution in [2.24, 2.45) is 13.0 Å². The van der Waals surface area contributed by atoms with E-state index in [1.807, 2.05) is 13.1 Å². The number of carbonyl (C=O) groups excluding carboxylic acids is 1. The largest absolute Gasteiger partial charge is 0.462 e. The first-order chi connectivity index (χ1) is 9.02. The van der Waals surface area contributed by atoms with Crippen molar-refractivity contribution in [1.82, 2.24) is 9.55 Å². The lowest BCUT2D eigenvalue weighted by Crippen LogP contribution is -2.04. The van der Waals surface area contributed by atoms with Crippen LogP contribution in [0.4, 0.5) is 0 Å². The lowest BCUT2D eigenvalue weighted by Gasteiger charge is -2.04. The van der Waals surface area contributed by atoms with Gasteiger partial charge in [-0.3, -0.25) is 0 Å². The molecule has 0 saturated carbocycles. The number of esters is 1. The molecule has 0 unspecified atom stereocenters. The molecule has 0 aliphatic rings. The highest BCUT2D eigenvalue weighted by atomic mass is 16.5. The molecule has 0 atom stereocenters. The SMILES string of the molecule is CCOC(=O)c1ccc2c(c1)nc(CC(C)C)n2C. The predicted octanol–water partition coefficient (Wildman–Crippen LogP) is 2.95. The van der Waals surface area contributed by atoms with Crippen LogP contribution in [0.15, 0.2) is 18.2 Å². The fourth-order valence-electron chi connectivity index (χ4n) is 2.14. The Labute approximate surface area is 113 Å². The zero-order valence-electron chi connectivity index (χ0n) is 11.9. The summed E-state index contributed by atoms with van der Waals surface area (Å²) in [6.07, 6.45) is 0.930. The molecule has 2 aromatic rings. The maximum absolute atomic E-state index is 11.7. The van der Waals surface area contributed by atoms with E-state index in [-0.39, 0.29) is 5.97 Å². The molecule has 0 N–H and O–H groups in total. The Morgan fingerprint density at radius 3 is 2.79 bits per heavy atom. The summed E-state index contributed by atoms with van der Waals surface area (Å²) in [6.45, 7) is 6.53. The van der Waals surface area contributed by atoms with E-state index in [2.05, 4.69) is 23.4 Å². The summed E-state index contributed by atoms with van der Waals surface area (Å²) in [6, 6.07) is 5.52. The van der Waals surface area contributed by atoms with Crippen LogP contribution in [0.25, 0.3) is 11.0 Å². The van der Waals surface area contributed by atoms with Crippen molar-refractivity contribution in [1.29, 1.82) is 0 Å². The average molecular weight is 260 g/mol. The average Bonchev–Trinajstić information content (AvgIpc) is 2.65. The van der Waals surface area contributed by atoms with E-state index < -0.39 is 0 Å². The molecule has 4 nitrogen and oxygen atoms in total. The van der Waals surface area contributed by atoms with E-state index in [9.17, 15) is 4.79 Å². The minimum absolute atomic E-state index is 0.291. The van der Waals surface area contributed by atoms with Gasteiger partial charge in [0.2, 0.25) is 0 Å². The van der Waals surface area contributed by atoms with E-state index in [0.717, 1.165) is 23.3 Å². The highest BCUT2D eigenvalue weighted by Crippen LogP contribution is 2.19. The van der Waals surface area contributed by atoms with E-state index in [0.29, 0.717) is 18.1 Å². The van der Waals surface area contributed by atoms with Gasteiger partial charge in [-0.05, 0) is 31.0 Å². The second-order valence-electron chi connectivity index (χ2n) is 5.11. The Balaban J connectivity index is 2.41. The number of aryl methyl sites for hydroxylation is 1. The van der Waals surface area contributed by atoms with Gasteiger partial charge in [0.05, 0.1) is 23.2 Å². The second-order valence-corrected chi connectivity index (χ2v) is 5.11. The number of ether oxygens (including phenoxy) is 1. The zero-order valence-corrected chi connectivity index (χ0v) is 11.9. The van der Waals surface area contributed by atoms with Gasteiger partial charge in [-0.2, -0.15) is 0 Å². The number of hydrogen-bond donors (Lipinski definition) is 0. The molecule has 2 rings (SSSR count). The summed E-state index contributed by atoms with van der Waals surface area (Å²) < 4.78 is 7.09. The summed E-state index contributed by atoms with van der Waals surface area (Å²) in [7, 11) is 2.01. The highest BCUT2D eigenvalue weighted by molar-refractivity contribution is 5.93. The Morgan fingerprint density at radius 1 is 1.42 bits per heavy atom. The lowest BCUT2D eigenvalue weighted by molar-refractivity contribution is 0.0526. The molecule has 0 amide bonds. The fourth-order valence-corrected chi connectivity index (χ4v) is 2.14. The quantitative estimate of drug-likeness (QED) is 0.794. The molecule has 0 bridgehead atoms. The van der Waals surface area contributed by atoms with Crippen LogP contribution in [0, 0.1) is 5.92 Å². The van der Waals surface area contributed by atoms with Crippen molar-refractivity contribution < 1.29 is 9.53 Å². The van der Waals surface area contributed by atoms with E-state index in [4.69, 9.17) is 4.74 Å². The van der Waals surface area contributed by atoms with Crippen molar-refractivity contribution in [2.75, 3.05) is 6.61 Å². The highest BCUT2D eigenvalue weighted by Gasteiger charge is 2.12. The number of hydrogen-bond acceptors (Lipinski definition) is 3. The molecule has 0 saturated heterocycles. The zero-order chi connectivity index (χ0) is 14.0. The van der Waals surface area contributed by atoms with E-state index >= 15 is 0 Å². The van der Waals surface area contributed by atoms with Gasteiger partial charge in [-0.25, -0.2) is 9.78 Å². The number of benzene rings is 1. The number of fused-ring (bicyclic) bond motifs is 1. The molecule has 0 fully saturated rings. The van der Waals surface area contributed by atoms with Crippen LogP contribution in [0.1, 0.15) is 37.0 Å². The van der Waals surface area contributed by atoms with Gasteiger partial charge >= 0.3 is 5.97 Å². The Kier molecular flexibility index (Phi) is 3.88. The van der Waals surface area contributed by atoms with Crippen molar-refractivity contribution in [2.45, 2.75) is 27.2 Å². The van der Waals surface area contributed by atoms with Crippen LogP contribution >= 0.6 is 0 Å². The van der Waals surface area contributed by atoms with Gasteiger partial charge in [0.15, 0.2) is 0 Å². The third kappa shape index (κ3) is 2.78. The Bertz CT molecular complexity index is 599. The minimum atomic E-state index is -0.291. The molecule has 1 aromatic heterocycles. The molecular formula is C15H20N2O2. The van der Waals surface area contributed by atoms with Crippen LogP contribution in [0.2, 0.25) is 0 Å². The number of aromatic nitrogens is 2. The molecule has 4 heteroatoms. The topological polar surface area (TPSA) is 44.1 Å². The molecular weight excluding hydrogens is 240 g/mol. The molecule has 0 aliphatic heterocycles. The Hall–Kier alpha value is -1.84. The first-order valence-corrected chi connectivity index (χ1v) is 6.65. The van der Waals surface area contributed by atoms with Crippen LogP contribution < -0.4 is 0 Å². The maximum atomic E-state index is 11.7. The molecule has 1 heterocycles. The van der Waals surface area contributed by atoms with Gasteiger partial charge in [0, 0.05) is 13.5 Å². The standard InChI is InChI=1S/C15H20N2O2/c1-5-19-15(18)11-6-7-13-12(9-11)16-14(17(13)4)8-10(2)3/h6-7,9-10H,5,8H2,1-4H3. The van der Waals surface area contributed by atoms with Crippen LogP contribution in [0.5, 0.6) is 0 Å². The summed E-state index contributed by atoms with van der Waals surface area (Å²) in [5.41, 5.74) is 2.45. The summed E-state index contributed by atoms with van der Waals surface area (Å²) in [4.78, 5) is 16.3. The minimum Gasteiger partial charge on any atom is -0.462 e. The molecule has 0 radical (unpaired) electrons. The molecule has 1 aromatic carbocycles. The second kappa shape index (κ2) is 5.43. The maximum Gasteiger partial charge on any atom is 0.338 e. The number of nitrogens with zero attached hydrogens (tertiary/aromatic N) is 2.